The number of hydrogen-bond donors (Lipinski definition) is 3. The van der Waals surface area contributed by atoms with Crippen molar-refractivity contribution in [3.63, 3.8) is 0 Å². The molecular weight excluding hydrogens is 273 g/mol. The zero-order valence-electron chi connectivity index (χ0n) is 9.80. The summed E-state index contributed by atoms with van der Waals surface area (Å²) in [6, 6.07) is 1.67. The fourth-order valence-corrected chi connectivity index (χ4v) is 2.13. The van der Waals surface area contributed by atoms with E-state index in [1.165, 1.54) is 12.1 Å². The molecule has 0 radical (unpaired) electrons. The summed E-state index contributed by atoms with van der Waals surface area (Å²) in [7, 11) is 0. The zero-order chi connectivity index (χ0) is 14.0. The Labute approximate surface area is 112 Å². The number of urea groups is 1. The van der Waals surface area contributed by atoms with E-state index in [1.807, 2.05) is 5.32 Å². The van der Waals surface area contributed by atoms with Gasteiger partial charge in [0.25, 0.3) is 0 Å². The molecule has 2 aromatic rings. The highest BCUT2D eigenvalue weighted by molar-refractivity contribution is 6.35. The van der Waals surface area contributed by atoms with Gasteiger partial charge in [-0.3, -0.25) is 10.1 Å². The minimum Gasteiger partial charge on any atom is -0.360 e. The fraction of sp³-hybridized carbons (Fsp3) is 0.167. The third kappa shape index (κ3) is 3.03. The topological polar surface area (TPSA) is 88.0 Å². The maximum atomic E-state index is 13.3. The molecule has 0 aliphatic carbocycles. The summed E-state index contributed by atoms with van der Waals surface area (Å²) in [6.45, 7) is 0. The molecule has 19 heavy (non-hydrogen) atoms. The summed E-state index contributed by atoms with van der Waals surface area (Å²) in [4.78, 5) is 24.7. The van der Waals surface area contributed by atoms with Crippen molar-refractivity contribution in [3.05, 3.63) is 34.7 Å². The number of aryl methyl sites for hydroxylation is 1. The number of nitrogens with one attached hydrogen (secondary N) is 2. The molecule has 0 saturated heterocycles. The van der Waals surface area contributed by atoms with Gasteiger partial charge >= 0.3 is 6.03 Å². The van der Waals surface area contributed by atoms with Crippen molar-refractivity contribution in [2.24, 2.45) is 5.73 Å². The van der Waals surface area contributed by atoms with E-state index in [1.54, 1.807) is 6.20 Å². The van der Waals surface area contributed by atoms with Crippen LogP contribution in [0, 0.1) is 5.82 Å². The van der Waals surface area contributed by atoms with Crippen LogP contribution in [0.25, 0.3) is 10.9 Å². The van der Waals surface area contributed by atoms with Crippen LogP contribution < -0.4 is 11.1 Å². The van der Waals surface area contributed by atoms with E-state index in [0.717, 1.165) is 5.56 Å². The fourth-order valence-electron chi connectivity index (χ4n) is 1.87. The number of carbonyl (C=O) groups excluding carboxylic acids is 2. The number of hydrogen-bond acceptors (Lipinski definition) is 2. The number of fused-ring (bicyclic) bond motifs is 1. The largest absolute Gasteiger partial charge is 0.360 e. The molecule has 0 aliphatic heterocycles. The molecule has 0 saturated carbocycles. The molecule has 0 spiro atoms. The number of amides is 3. The number of H-pyrrole nitrogens is 1. The average molecular weight is 284 g/mol. The van der Waals surface area contributed by atoms with Crippen LogP contribution in [-0.2, 0) is 11.2 Å². The van der Waals surface area contributed by atoms with Gasteiger partial charge in [0.2, 0.25) is 5.91 Å². The molecule has 1 aromatic heterocycles. The van der Waals surface area contributed by atoms with Crippen LogP contribution in [0.1, 0.15) is 12.0 Å². The predicted octanol–water partition coefficient (Wildman–Crippen LogP) is 2.09. The summed E-state index contributed by atoms with van der Waals surface area (Å²) in [6.07, 6.45) is 2.08. The second-order valence-electron chi connectivity index (χ2n) is 4.04. The van der Waals surface area contributed by atoms with Gasteiger partial charge in [0.15, 0.2) is 0 Å². The van der Waals surface area contributed by atoms with Crippen molar-refractivity contribution in [2.75, 3.05) is 0 Å². The van der Waals surface area contributed by atoms with Crippen LogP contribution in [0.15, 0.2) is 18.3 Å². The van der Waals surface area contributed by atoms with Crippen molar-refractivity contribution >= 4 is 34.4 Å². The number of nitrogens with two attached hydrogens (primary N) is 1. The van der Waals surface area contributed by atoms with Gasteiger partial charge in [-0.2, -0.15) is 0 Å². The van der Waals surface area contributed by atoms with Crippen LogP contribution in [0.5, 0.6) is 0 Å². The van der Waals surface area contributed by atoms with Crippen molar-refractivity contribution in [1.82, 2.24) is 10.3 Å². The SMILES string of the molecule is NC(=O)NC(=O)CCc1c[nH]c2c(Cl)cc(F)cc12. The normalized spacial score (nSPS) is 10.6. The Hall–Kier alpha value is -2.08. The highest BCUT2D eigenvalue weighted by Crippen LogP contribution is 2.27. The van der Waals surface area contributed by atoms with Crippen LogP contribution in [0.3, 0.4) is 0 Å². The minimum absolute atomic E-state index is 0.0734. The number of aromatic nitrogens is 1. The average Bonchev–Trinajstić information content (AvgIpc) is 2.68. The summed E-state index contributed by atoms with van der Waals surface area (Å²) in [5.74, 6) is -0.927. The lowest BCUT2D eigenvalue weighted by Crippen LogP contribution is -2.35. The lowest BCUT2D eigenvalue weighted by Gasteiger charge is -2.01. The second-order valence-corrected chi connectivity index (χ2v) is 4.44. The number of carbonyl (C=O) groups is 2. The first kappa shape index (κ1) is 13.4. The maximum absolute atomic E-state index is 13.3. The molecule has 0 atom stereocenters. The van der Waals surface area contributed by atoms with E-state index in [0.29, 0.717) is 17.3 Å². The summed E-state index contributed by atoms with van der Waals surface area (Å²) in [5.41, 5.74) is 6.19. The second kappa shape index (κ2) is 5.27. The van der Waals surface area contributed by atoms with Gasteiger partial charge in [-0.15, -0.1) is 0 Å². The summed E-state index contributed by atoms with van der Waals surface area (Å²) in [5, 5.41) is 2.87. The van der Waals surface area contributed by atoms with Gasteiger partial charge in [-0.1, -0.05) is 11.6 Å². The molecule has 3 amide bonds. The molecule has 0 unspecified atom stereocenters. The third-order valence-corrected chi connectivity index (χ3v) is 2.97. The Morgan fingerprint density at radius 3 is 2.84 bits per heavy atom. The summed E-state index contributed by atoms with van der Waals surface area (Å²) >= 11 is 5.90. The number of rotatable bonds is 3. The van der Waals surface area contributed by atoms with E-state index in [9.17, 15) is 14.0 Å². The standard InChI is InChI=1S/C12H11ClFN3O2/c13-9-4-7(14)3-8-6(5-16-11(8)9)1-2-10(18)17-12(15)19/h3-5,16H,1-2H2,(H3,15,17,18,19). The van der Waals surface area contributed by atoms with Crippen molar-refractivity contribution in [3.8, 4) is 0 Å². The molecular formula is C12H11ClFN3O2. The highest BCUT2D eigenvalue weighted by Gasteiger charge is 2.11. The lowest BCUT2D eigenvalue weighted by atomic mass is 10.1. The smallest absolute Gasteiger partial charge is 0.318 e. The Balaban J connectivity index is 2.18. The van der Waals surface area contributed by atoms with Crippen molar-refractivity contribution in [2.45, 2.75) is 12.8 Å². The highest BCUT2D eigenvalue weighted by atomic mass is 35.5. The molecule has 1 aromatic carbocycles. The van der Waals surface area contributed by atoms with Crippen molar-refractivity contribution in [1.29, 1.82) is 0 Å². The van der Waals surface area contributed by atoms with Gasteiger partial charge in [0.1, 0.15) is 5.82 Å². The van der Waals surface area contributed by atoms with Gasteiger partial charge in [0.05, 0.1) is 10.5 Å². The molecule has 0 aliphatic rings. The number of aromatic amines is 1. The zero-order valence-corrected chi connectivity index (χ0v) is 10.6. The van der Waals surface area contributed by atoms with Crippen molar-refractivity contribution < 1.29 is 14.0 Å². The van der Waals surface area contributed by atoms with E-state index >= 15 is 0 Å². The first-order chi connectivity index (χ1) is 8.97. The Morgan fingerprint density at radius 1 is 1.42 bits per heavy atom. The van der Waals surface area contributed by atoms with Crippen LogP contribution in [0.4, 0.5) is 9.18 Å². The van der Waals surface area contributed by atoms with Gasteiger partial charge in [-0.25, -0.2) is 9.18 Å². The maximum Gasteiger partial charge on any atom is 0.318 e. The third-order valence-electron chi connectivity index (χ3n) is 2.68. The number of imide groups is 1. The molecule has 7 heteroatoms. The molecule has 1 heterocycles. The monoisotopic (exact) mass is 283 g/mol. The predicted molar refractivity (Wildman–Crippen MR) is 69.3 cm³/mol. The lowest BCUT2D eigenvalue weighted by molar-refractivity contribution is -0.119. The molecule has 100 valence electrons. The Kier molecular flexibility index (Phi) is 3.71. The molecule has 0 fully saturated rings. The summed E-state index contributed by atoms with van der Waals surface area (Å²) < 4.78 is 13.3. The molecule has 2 rings (SSSR count). The minimum atomic E-state index is -0.891. The van der Waals surface area contributed by atoms with Crippen LogP contribution >= 0.6 is 11.6 Å². The van der Waals surface area contributed by atoms with E-state index in [4.69, 9.17) is 17.3 Å². The quantitative estimate of drug-likeness (QED) is 0.805. The number of halogens is 2. The molecule has 5 nitrogen and oxygen atoms in total. The Morgan fingerprint density at radius 2 is 2.16 bits per heavy atom. The van der Waals surface area contributed by atoms with Crippen LogP contribution in [0.2, 0.25) is 5.02 Å². The first-order valence-corrected chi connectivity index (χ1v) is 5.89. The molecule has 0 bridgehead atoms. The van der Waals surface area contributed by atoms with Crippen LogP contribution in [-0.4, -0.2) is 16.9 Å². The van der Waals surface area contributed by atoms with Gasteiger partial charge in [-0.05, 0) is 24.1 Å². The van der Waals surface area contributed by atoms with Gasteiger partial charge in [0, 0.05) is 18.0 Å². The van der Waals surface area contributed by atoms with E-state index < -0.39 is 17.8 Å². The number of benzene rings is 1. The Bertz CT molecular complexity index is 654. The molecule has 4 N–H and O–H groups in total. The van der Waals surface area contributed by atoms with E-state index in [2.05, 4.69) is 4.98 Å². The number of primary amides is 1. The first-order valence-electron chi connectivity index (χ1n) is 5.51. The van der Waals surface area contributed by atoms with E-state index in [-0.39, 0.29) is 11.4 Å². The van der Waals surface area contributed by atoms with Gasteiger partial charge < -0.3 is 10.7 Å².